The number of anilines is 3. The van der Waals surface area contributed by atoms with Gasteiger partial charge in [0.2, 0.25) is 15.9 Å². The van der Waals surface area contributed by atoms with E-state index < -0.39 is 43.7 Å². The fraction of sp³-hybridized carbons (Fsp3) is 0.174. The van der Waals surface area contributed by atoms with E-state index in [1.807, 2.05) is 0 Å². The van der Waals surface area contributed by atoms with Gasteiger partial charge in [-0.1, -0.05) is 24.3 Å². The smallest absolute Gasteiger partial charge is 0.324 e. The third kappa shape index (κ3) is 6.55. The molecule has 0 aliphatic heterocycles. The fourth-order valence-electron chi connectivity index (χ4n) is 3.32. The topological polar surface area (TPSA) is 113 Å². The average molecular weight is 542 g/mol. The molecule has 13 heteroatoms. The lowest BCUT2D eigenvalue weighted by Crippen LogP contribution is -2.45. The lowest BCUT2D eigenvalue weighted by Gasteiger charge is -2.28. The number of benzene rings is 3. The number of nitrogens with one attached hydrogen (secondary N) is 2. The molecule has 0 saturated heterocycles. The number of hydrogen-bond donors (Lipinski definition) is 2. The quantitative estimate of drug-likeness (QED) is 0.442. The van der Waals surface area contributed by atoms with Gasteiger partial charge in [-0.25, -0.2) is 16.8 Å². The van der Waals surface area contributed by atoms with Crippen molar-refractivity contribution in [2.75, 3.05) is 20.6 Å². The molecule has 0 spiro atoms. The second-order valence-corrected chi connectivity index (χ2v) is 11.3. The first kappa shape index (κ1) is 27.0. The average Bonchev–Trinajstić information content (AvgIpc) is 2.78. The zero-order chi connectivity index (χ0) is 26.7. The monoisotopic (exact) mass is 541 g/mol. The van der Waals surface area contributed by atoms with Crippen LogP contribution in [0.15, 0.2) is 83.8 Å². The summed E-state index contributed by atoms with van der Waals surface area (Å²) in [5.41, 5.74) is -0.789. The van der Waals surface area contributed by atoms with E-state index in [9.17, 15) is 34.8 Å². The van der Waals surface area contributed by atoms with E-state index in [-0.39, 0.29) is 16.3 Å². The maximum Gasteiger partial charge on any atom is 0.416 e. The lowest BCUT2D eigenvalue weighted by atomic mass is 10.2. The number of halogens is 3. The van der Waals surface area contributed by atoms with E-state index in [0.717, 1.165) is 34.8 Å². The molecule has 1 atom stereocenters. The molecule has 3 aromatic rings. The minimum Gasteiger partial charge on any atom is -0.324 e. The van der Waals surface area contributed by atoms with Gasteiger partial charge in [-0.15, -0.1) is 0 Å². The van der Waals surface area contributed by atoms with Crippen molar-refractivity contribution in [3.8, 4) is 0 Å². The Morgan fingerprint density at radius 3 is 2.03 bits per heavy atom. The van der Waals surface area contributed by atoms with Crippen LogP contribution in [0.5, 0.6) is 0 Å². The van der Waals surface area contributed by atoms with Gasteiger partial charge in [0.25, 0.3) is 10.0 Å². The second kappa shape index (κ2) is 10.2. The molecular formula is C23H22F3N3O5S2. The number of sulfonamides is 2. The molecule has 0 aliphatic rings. The summed E-state index contributed by atoms with van der Waals surface area (Å²) in [7, 11) is -8.03. The lowest BCUT2D eigenvalue weighted by molar-refractivity contribution is -0.137. The van der Waals surface area contributed by atoms with E-state index in [2.05, 4.69) is 10.0 Å². The van der Waals surface area contributed by atoms with Crippen LogP contribution in [-0.4, -0.2) is 35.0 Å². The summed E-state index contributed by atoms with van der Waals surface area (Å²) >= 11 is 0. The van der Waals surface area contributed by atoms with Gasteiger partial charge in [-0.05, 0) is 61.5 Å². The highest BCUT2D eigenvalue weighted by Crippen LogP contribution is 2.31. The van der Waals surface area contributed by atoms with Gasteiger partial charge >= 0.3 is 6.18 Å². The summed E-state index contributed by atoms with van der Waals surface area (Å²) in [6, 6.07) is 15.5. The largest absolute Gasteiger partial charge is 0.416 e. The van der Waals surface area contributed by atoms with Crippen molar-refractivity contribution < 1.29 is 34.8 Å². The van der Waals surface area contributed by atoms with Gasteiger partial charge in [0, 0.05) is 11.4 Å². The molecule has 8 nitrogen and oxygen atoms in total. The Hall–Kier alpha value is -3.58. The number of amides is 1. The number of nitrogens with zero attached hydrogens (tertiary/aromatic N) is 1. The standard InChI is InChI=1S/C23H22F3N3O5S2/c1-16(29(35(2,31)32)20-9-4-3-5-10-20)22(30)27-18-11-13-21(14-12-18)36(33,34)28-19-8-6-7-17(15-19)23(24,25)26/h3-16,28H,1-2H3,(H,27,30)/t16-/m1/s1. The zero-order valence-corrected chi connectivity index (χ0v) is 20.7. The van der Waals surface area contributed by atoms with E-state index in [1.54, 1.807) is 30.3 Å². The van der Waals surface area contributed by atoms with Crippen LogP contribution in [-0.2, 0) is 31.0 Å². The van der Waals surface area contributed by atoms with Crippen molar-refractivity contribution >= 4 is 43.0 Å². The Morgan fingerprint density at radius 1 is 0.861 bits per heavy atom. The first-order valence-electron chi connectivity index (χ1n) is 10.3. The zero-order valence-electron chi connectivity index (χ0n) is 19.0. The van der Waals surface area contributed by atoms with Gasteiger partial charge < -0.3 is 5.32 Å². The van der Waals surface area contributed by atoms with E-state index in [1.165, 1.54) is 25.1 Å². The Balaban J connectivity index is 1.75. The minimum atomic E-state index is -4.63. The van der Waals surface area contributed by atoms with Crippen LogP contribution >= 0.6 is 0 Å². The van der Waals surface area contributed by atoms with Gasteiger partial charge in [0.05, 0.1) is 22.4 Å². The van der Waals surface area contributed by atoms with Crippen molar-refractivity contribution in [2.24, 2.45) is 0 Å². The molecule has 0 radical (unpaired) electrons. The molecule has 2 N–H and O–H groups in total. The van der Waals surface area contributed by atoms with Crippen LogP contribution in [0.2, 0.25) is 0 Å². The SMILES string of the molecule is C[C@H](C(=O)Nc1ccc(S(=O)(=O)Nc2cccc(C(F)(F)F)c2)cc1)N(c1ccccc1)S(C)(=O)=O. The number of hydrogen-bond acceptors (Lipinski definition) is 5. The maximum atomic E-state index is 12.9. The van der Waals surface area contributed by atoms with Crippen LogP contribution in [0.3, 0.4) is 0 Å². The Morgan fingerprint density at radius 2 is 1.47 bits per heavy atom. The van der Waals surface area contributed by atoms with E-state index >= 15 is 0 Å². The number of rotatable bonds is 8. The minimum absolute atomic E-state index is 0.186. The molecule has 0 heterocycles. The Bertz CT molecular complexity index is 1440. The van der Waals surface area contributed by atoms with Crippen LogP contribution < -0.4 is 14.3 Å². The molecule has 0 bridgehead atoms. The summed E-state index contributed by atoms with van der Waals surface area (Å²) in [6.07, 6.45) is -3.66. The third-order valence-electron chi connectivity index (χ3n) is 4.97. The highest BCUT2D eigenvalue weighted by atomic mass is 32.2. The first-order chi connectivity index (χ1) is 16.7. The molecule has 0 aromatic heterocycles. The number of alkyl halides is 3. The normalized spacial score (nSPS) is 13.0. The number of carbonyl (C=O) groups is 1. The van der Waals surface area contributed by atoms with Crippen molar-refractivity contribution in [3.63, 3.8) is 0 Å². The summed E-state index contributed by atoms with van der Waals surface area (Å²) in [6.45, 7) is 1.40. The van der Waals surface area contributed by atoms with Gasteiger partial charge in [0.1, 0.15) is 6.04 Å². The Labute approximate surface area is 206 Å². The third-order valence-corrected chi connectivity index (χ3v) is 7.61. The molecule has 1 amide bonds. The maximum absolute atomic E-state index is 12.9. The van der Waals surface area contributed by atoms with Crippen LogP contribution in [0.25, 0.3) is 0 Å². The number of para-hydroxylation sites is 1. The molecule has 0 unspecified atom stereocenters. The first-order valence-corrected chi connectivity index (χ1v) is 13.7. The summed E-state index contributed by atoms with van der Waals surface area (Å²) < 4.78 is 91.6. The highest BCUT2D eigenvalue weighted by molar-refractivity contribution is 7.92. The van der Waals surface area contributed by atoms with E-state index in [4.69, 9.17) is 0 Å². The van der Waals surface area contributed by atoms with Crippen LogP contribution in [0.4, 0.5) is 30.2 Å². The van der Waals surface area contributed by atoms with Gasteiger partial charge in [-0.2, -0.15) is 13.2 Å². The Kier molecular flexibility index (Phi) is 7.65. The fourth-order valence-corrected chi connectivity index (χ4v) is 5.55. The molecule has 3 rings (SSSR count). The second-order valence-electron chi connectivity index (χ2n) is 7.77. The number of carbonyl (C=O) groups excluding carboxylic acids is 1. The molecular weight excluding hydrogens is 519 g/mol. The molecule has 192 valence electrons. The highest BCUT2D eigenvalue weighted by Gasteiger charge is 2.31. The van der Waals surface area contributed by atoms with Gasteiger partial charge in [-0.3, -0.25) is 13.8 Å². The van der Waals surface area contributed by atoms with Crippen molar-refractivity contribution in [3.05, 3.63) is 84.4 Å². The summed E-state index contributed by atoms with van der Waals surface area (Å²) in [5, 5.41) is 2.53. The predicted octanol–water partition coefficient (Wildman–Crippen LogP) is 4.30. The molecule has 0 aliphatic carbocycles. The van der Waals surface area contributed by atoms with Crippen LogP contribution in [0, 0.1) is 0 Å². The summed E-state index contributed by atoms with van der Waals surface area (Å²) in [4.78, 5) is 12.5. The molecule has 0 saturated carbocycles. The van der Waals surface area contributed by atoms with Crippen molar-refractivity contribution in [2.45, 2.75) is 24.0 Å². The molecule has 36 heavy (non-hydrogen) atoms. The van der Waals surface area contributed by atoms with Crippen LogP contribution in [0.1, 0.15) is 12.5 Å². The van der Waals surface area contributed by atoms with Gasteiger partial charge in [0.15, 0.2) is 0 Å². The molecule has 3 aromatic carbocycles. The van der Waals surface area contributed by atoms with E-state index in [0.29, 0.717) is 11.8 Å². The van der Waals surface area contributed by atoms with Crippen molar-refractivity contribution in [1.82, 2.24) is 0 Å². The molecule has 0 fully saturated rings. The van der Waals surface area contributed by atoms with Crippen molar-refractivity contribution in [1.29, 1.82) is 0 Å². The predicted molar refractivity (Wildman–Crippen MR) is 131 cm³/mol. The summed E-state index contributed by atoms with van der Waals surface area (Å²) in [5.74, 6) is -0.665.